The first kappa shape index (κ1) is 23.1. The zero-order valence-electron chi connectivity index (χ0n) is 18.2. The minimum Gasteiger partial charge on any atom is -0.466 e. The maximum absolute atomic E-state index is 13.8. The van der Waals surface area contributed by atoms with E-state index in [1.807, 2.05) is 13.8 Å². The first-order chi connectivity index (χ1) is 14.3. The van der Waals surface area contributed by atoms with Crippen molar-refractivity contribution in [2.75, 3.05) is 26.3 Å². The Labute approximate surface area is 183 Å². The van der Waals surface area contributed by atoms with Crippen LogP contribution < -0.4 is 0 Å². The van der Waals surface area contributed by atoms with Crippen LogP contribution in [0.2, 0.25) is 0 Å². The van der Waals surface area contributed by atoms with E-state index < -0.39 is 22.6 Å². The lowest BCUT2D eigenvalue weighted by Gasteiger charge is -2.38. The van der Waals surface area contributed by atoms with Gasteiger partial charge in [-0.3, -0.25) is 14.4 Å². The van der Waals surface area contributed by atoms with Crippen LogP contribution in [0.1, 0.15) is 46.5 Å². The van der Waals surface area contributed by atoms with E-state index in [1.165, 1.54) is 0 Å². The molecule has 3 fully saturated rings. The van der Waals surface area contributed by atoms with E-state index in [0.29, 0.717) is 25.9 Å². The first-order valence-corrected chi connectivity index (χ1v) is 11.9. The number of nitrogens with zero attached hydrogens (tertiary/aromatic N) is 2. The molecule has 2 unspecified atom stereocenters. The molecule has 8 heteroatoms. The molecule has 0 aliphatic carbocycles. The lowest BCUT2D eigenvalue weighted by molar-refractivity contribution is -0.153. The number of rotatable bonds is 10. The summed E-state index contributed by atoms with van der Waals surface area (Å²) in [4.78, 5) is 43.6. The summed E-state index contributed by atoms with van der Waals surface area (Å²) in [6.07, 6.45) is 4.47. The highest BCUT2D eigenvalue weighted by molar-refractivity contribution is 8.02. The summed E-state index contributed by atoms with van der Waals surface area (Å²) in [5.41, 5.74) is 0. The highest BCUT2D eigenvalue weighted by Gasteiger charge is 2.74. The summed E-state index contributed by atoms with van der Waals surface area (Å²) >= 11 is 1.66. The Morgan fingerprint density at radius 1 is 1.43 bits per heavy atom. The average Bonchev–Trinajstić information content (AvgIpc) is 3.33. The van der Waals surface area contributed by atoms with Crippen molar-refractivity contribution in [3.05, 3.63) is 12.7 Å². The van der Waals surface area contributed by atoms with Gasteiger partial charge in [0.25, 0.3) is 0 Å². The maximum Gasteiger partial charge on any atom is 0.310 e. The van der Waals surface area contributed by atoms with E-state index in [0.717, 1.165) is 12.8 Å². The summed E-state index contributed by atoms with van der Waals surface area (Å²) in [6.45, 7) is 10.6. The van der Waals surface area contributed by atoms with Gasteiger partial charge in [0.2, 0.25) is 11.8 Å². The quantitative estimate of drug-likeness (QED) is 0.318. The molecule has 5 atom stereocenters. The largest absolute Gasteiger partial charge is 0.466 e. The molecule has 2 amide bonds. The molecule has 168 valence electrons. The number of fused-ring (bicyclic) bond motifs is 1. The number of unbranched alkanes of at least 4 members (excludes halogenated alkanes) is 1. The van der Waals surface area contributed by atoms with E-state index in [9.17, 15) is 19.5 Å². The highest BCUT2D eigenvalue weighted by Crippen LogP contribution is 2.66. The third-order valence-electron chi connectivity index (χ3n) is 6.63. The Morgan fingerprint density at radius 3 is 2.77 bits per heavy atom. The van der Waals surface area contributed by atoms with Gasteiger partial charge in [-0.15, -0.1) is 18.3 Å². The number of carbonyl (C=O) groups excluding carboxylic acids is 3. The Bertz CT molecular complexity index is 699. The molecule has 3 rings (SSSR count). The zero-order valence-corrected chi connectivity index (χ0v) is 19.0. The van der Waals surface area contributed by atoms with Crippen molar-refractivity contribution in [2.24, 2.45) is 11.8 Å². The lowest BCUT2D eigenvalue weighted by Crippen LogP contribution is -2.56. The molecule has 1 N–H and O–H groups in total. The van der Waals surface area contributed by atoms with Crippen LogP contribution in [0.15, 0.2) is 12.7 Å². The number of esters is 1. The molecule has 2 bridgehead atoms. The minimum absolute atomic E-state index is 0.0233. The standard InChI is InChI=1S/C22H34N2O5S/c1-5-11-23(14(3)4)20(27)18-22-10-9-15(30-22)16(21(28)29-6-2)17(22)19(26)24(18)12-7-8-13-25/h5,14-18,25H,1,6-13H2,2-4H3/t15-,16+,17+,18?,22?/m1/s1. The van der Waals surface area contributed by atoms with Crippen LogP contribution in [0, 0.1) is 11.8 Å². The van der Waals surface area contributed by atoms with Crippen molar-refractivity contribution in [3.63, 3.8) is 0 Å². The van der Waals surface area contributed by atoms with Crippen molar-refractivity contribution < 1.29 is 24.2 Å². The third kappa shape index (κ3) is 3.66. The van der Waals surface area contributed by atoms with Crippen molar-refractivity contribution in [1.29, 1.82) is 0 Å². The van der Waals surface area contributed by atoms with Crippen molar-refractivity contribution in [2.45, 2.75) is 68.5 Å². The van der Waals surface area contributed by atoms with Crippen LogP contribution in [0.3, 0.4) is 0 Å². The third-order valence-corrected chi connectivity index (χ3v) is 8.58. The summed E-state index contributed by atoms with van der Waals surface area (Å²) in [7, 11) is 0. The van der Waals surface area contributed by atoms with E-state index in [2.05, 4.69) is 6.58 Å². The fraction of sp³-hybridized carbons (Fsp3) is 0.773. The van der Waals surface area contributed by atoms with Crippen LogP contribution in [0.5, 0.6) is 0 Å². The van der Waals surface area contributed by atoms with Crippen LogP contribution in [-0.4, -0.2) is 81.1 Å². The molecule has 1 spiro atoms. The Hall–Kier alpha value is -1.54. The maximum atomic E-state index is 13.8. The van der Waals surface area contributed by atoms with Crippen LogP contribution in [-0.2, 0) is 19.1 Å². The molecule has 0 saturated carbocycles. The van der Waals surface area contributed by atoms with Gasteiger partial charge in [0, 0.05) is 31.0 Å². The van der Waals surface area contributed by atoms with Crippen LogP contribution in [0.4, 0.5) is 0 Å². The van der Waals surface area contributed by atoms with E-state index >= 15 is 0 Å². The normalized spacial score (nSPS) is 31.9. The molecule has 0 radical (unpaired) electrons. The van der Waals surface area contributed by atoms with Crippen LogP contribution >= 0.6 is 11.8 Å². The second-order valence-electron chi connectivity index (χ2n) is 8.64. The molecule has 3 saturated heterocycles. The summed E-state index contributed by atoms with van der Waals surface area (Å²) in [6, 6.07) is -0.615. The number of carbonyl (C=O) groups is 3. The number of thioether (sulfide) groups is 1. The molecule has 3 aliphatic rings. The van der Waals surface area contributed by atoms with Gasteiger partial charge >= 0.3 is 5.97 Å². The van der Waals surface area contributed by atoms with E-state index in [4.69, 9.17) is 4.74 Å². The number of aliphatic hydroxyl groups is 1. The van der Waals surface area contributed by atoms with Gasteiger partial charge in [0.1, 0.15) is 6.04 Å². The fourth-order valence-electron chi connectivity index (χ4n) is 5.42. The Morgan fingerprint density at radius 2 is 2.17 bits per heavy atom. The van der Waals surface area contributed by atoms with Gasteiger partial charge < -0.3 is 19.6 Å². The van der Waals surface area contributed by atoms with Gasteiger partial charge in [-0.1, -0.05) is 6.08 Å². The predicted molar refractivity (Wildman–Crippen MR) is 116 cm³/mol. The van der Waals surface area contributed by atoms with E-state index in [-0.39, 0.29) is 42.3 Å². The topological polar surface area (TPSA) is 87.2 Å². The van der Waals surface area contributed by atoms with Gasteiger partial charge in [-0.25, -0.2) is 0 Å². The second-order valence-corrected chi connectivity index (χ2v) is 10.2. The van der Waals surface area contributed by atoms with Gasteiger partial charge in [-0.05, 0) is 46.5 Å². The van der Waals surface area contributed by atoms with Gasteiger partial charge in [0.05, 0.1) is 23.2 Å². The molecular weight excluding hydrogens is 404 g/mol. The van der Waals surface area contributed by atoms with Gasteiger partial charge in [-0.2, -0.15) is 0 Å². The number of amides is 2. The molecule has 0 aromatic rings. The summed E-state index contributed by atoms with van der Waals surface area (Å²) < 4.78 is 4.74. The minimum atomic E-state index is -0.592. The molecular formula is C22H34N2O5S. The lowest BCUT2D eigenvalue weighted by atomic mass is 9.71. The highest BCUT2D eigenvalue weighted by atomic mass is 32.2. The number of ether oxygens (including phenoxy) is 1. The molecule has 7 nitrogen and oxygen atoms in total. The molecule has 0 aromatic carbocycles. The fourth-order valence-corrected chi connectivity index (χ4v) is 7.63. The number of hydrogen-bond acceptors (Lipinski definition) is 6. The van der Waals surface area contributed by atoms with Crippen molar-refractivity contribution >= 4 is 29.5 Å². The zero-order chi connectivity index (χ0) is 22.1. The van der Waals surface area contributed by atoms with Crippen LogP contribution in [0.25, 0.3) is 0 Å². The summed E-state index contributed by atoms with van der Waals surface area (Å²) in [5, 5.41) is 9.22. The van der Waals surface area contributed by atoms with Crippen molar-refractivity contribution in [3.8, 4) is 0 Å². The molecule has 0 aromatic heterocycles. The molecule has 3 aliphatic heterocycles. The number of hydrogen-bond donors (Lipinski definition) is 1. The predicted octanol–water partition coefficient (Wildman–Crippen LogP) is 1.84. The Balaban J connectivity index is 1.99. The van der Waals surface area contributed by atoms with E-state index in [1.54, 1.807) is 34.6 Å². The smallest absolute Gasteiger partial charge is 0.310 e. The average molecular weight is 439 g/mol. The molecule has 30 heavy (non-hydrogen) atoms. The van der Waals surface area contributed by atoms with Crippen molar-refractivity contribution in [1.82, 2.24) is 9.80 Å². The summed E-state index contributed by atoms with van der Waals surface area (Å²) in [5.74, 6) is -1.49. The number of likely N-dealkylation sites (tertiary alicyclic amines) is 1. The SMILES string of the molecule is C=CCN(C(=O)C1N(CCCCO)C(=O)[C@@H]2[C@@H](C(=O)OCC)[C@H]3CCC12S3)C(C)C. The first-order valence-electron chi connectivity index (χ1n) is 11.0. The monoisotopic (exact) mass is 438 g/mol. The second kappa shape index (κ2) is 9.30. The molecule has 3 heterocycles. The number of aliphatic hydroxyl groups excluding tert-OH is 1. The van der Waals surface area contributed by atoms with Gasteiger partial charge in [0.15, 0.2) is 0 Å². The Kier molecular flexibility index (Phi) is 7.17.